The zero-order valence-corrected chi connectivity index (χ0v) is 17.8. The minimum absolute atomic E-state index is 0.190. The van der Waals surface area contributed by atoms with Crippen molar-refractivity contribution in [3.05, 3.63) is 52.4 Å². The molecule has 2 N–H and O–H groups in total. The van der Waals surface area contributed by atoms with Crippen LogP contribution >= 0.6 is 35.0 Å². The number of amides is 1. The van der Waals surface area contributed by atoms with Crippen molar-refractivity contribution in [1.29, 1.82) is 0 Å². The highest BCUT2D eigenvalue weighted by molar-refractivity contribution is 8.13. The van der Waals surface area contributed by atoms with Crippen molar-refractivity contribution in [3.63, 3.8) is 0 Å². The first kappa shape index (κ1) is 22.8. The molecule has 11 heteroatoms. The minimum Gasteiger partial charge on any atom is -0.467 e. The van der Waals surface area contributed by atoms with Gasteiger partial charge < -0.3 is 15.1 Å². The molecule has 1 aromatic heterocycles. The molecule has 0 radical (unpaired) electrons. The number of halogens is 5. The molecule has 1 amide bonds. The molecule has 1 aromatic carbocycles. The second-order valence-electron chi connectivity index (χ2n) is 6.57. The van der Waals surface area contributed by atoms with Gasteiger partial charge in [0.2, 0.25) is 5.91 Å². The maximum atomic E-state index is 13.3. The van der Waals surface area contributed by atoms with Crippen molar-refractivity contribution in [2.24, 2.45) is 4.99 Å². The van der Waals surface area contributed by atoms with Crippen molar-refractivity contribution < 1.29 is 22.4 Å². The zero-order valence-electron chi connectivity index (χ0n) is 15.5. The van der Waals surface area contributed by atoms with Crippen LogP contribution in [0.15, 0.2) is 46.0 Å². The van der Waals surface area contributed by atoms with Crippen LogP contribution in [0.2, 0.25) is 10.0 Å². The van der Waals surface area contributed by atoms with E-state index in [1.807, 2.05) is 0 Å². The van der Waals surface area contributed by atoms with E-state index in [0.717, 1.165) is 11.8 Å². The number of benzene rings is 1. The number of carbonyl (C=O) groups excluding carboxylic acids is 1. The second-order valence-corrected chi connectivity index (χ2v) is 8.47. The van der Waals surface area contributed by atoms with E-state index in [1.54, 1.807) is 30.3 Å². The van der Waals surface area contributed by atoms with Crippen molar-refractivity contribution in [2.45, 2.75) is 37.5 Å². The Labute approximate surface area is 185 Å². The van der Waals surface area contributed by atoms with Gasteiger partial charge in [-0.1, -0.05) is 35.0 Å². The maximum absolute atomic E-state index is 13.3. The summed E-state index contributed by atoms with van der Waals surface area (Å²) in [5.74, 6) is 0.592. The molecule has 0 spiro atoms. The van der Waals surface area contributed by atoms with Gasteiger partial charge in [0, 0.05) is 24.3 Å². The molecule has 2 heterocycles. The minimum atomic E-state index is -4.40. The topological polar surface area (TPSA) is 66.6 Å². The van der Waals surface area contributed by atoms with Crippen LogP contribution in [0.1, 0.15) is 31.1 Å². The number of hydrogen-bond donors (Lipinski definition) is 2. The SMILES string of the molecule is O=C(CCCSC1=NC(c2ccco2)CC(C(F)(F)F)N1)Nc1ccc(Cl)c(Cl)c1. The number of carbonyl (C=O) groups is 1. The van der Waals surface area contributed by atoms with E-state index in [0.29, 0.717) is 33.7 Å². The molecule has 0 saturated carbocycles. The highest BCUT2D eigenvalue weighted by atomic mass is 35.5. The zero-order chi connectivity index (χ0) is 21.7. The molecule has 2 aromatic rings. The number of alkyl halides is 3. The van der Waals surface area contributed by atoms with Crippen molar-refractivity contribution >= 4 is 51.7 Å². The molecule has 30 heavy (non-hydrogen) atoms. The molecule has 5 nitrogen and oxygen atoms in total. The summed E-state index contributed by atoms with van der Waals surface area (Å²) in [7, 11) is 0. The third-order valence-electron chi connectivity index (χ3n) is 4.29. The fourth-order valence-corrected chi connectivity index (χ4v) is 4.02. The number of furan rings is 1. The summed E-state index contributed by atoms with van der Waals surface area (Å²) >= 11 is 12.9. The largest absolute Gasteiger partial charge is 0.467 e. The van der Waals surface area contributed by atoms with Crippen molar-refractivity contribution in [3.8, 4) is 0 Å². The molecule has 0 saturated heterocycles. The summed E-state index contributed by atoms with van der Waals surface area (Å²) in [5, 5.41) is 6.05. The van der Waals surface area contributed by atoms with Gasteiger partial charge in [0.25, 0.3) is 0 Å². The molecule has 2 unspecified atom stereocenters. The quantitative estimate of drug-likeness (QED) is 0.494. The Morgan fingerprint density at radius 1 is 1.30 bits per heavy atom. The molecule has 1 aliphatic heterocycles. The van der Waals surface area contributed by atoms with E-state index >= 15 is 0 Å². The molecule has 0 aliphatic carbocycles. The standard InChI is InChI=1S/C19H18Cl2F3N3O2S/c20-12-6-5-11(9-13(12)21)25-17(28)4-2-8-30-18-26-14(15-3-1-7-29-15)10-16(27-18)19(22,23)24/h1,3,5-7,9,14,16H,2,4,8,10H2,(H,25,28)(H,26,27). The molecule has 162 valence electrons. The lowest BCUT2D eigenvalue weighted by Gasteiger charge is -2.30. The first-order valence-corrected chi connectivity index (χ1v) is 10.8. The first-order chi connectivity index (χ1) is 14.2. The van der Waals surface area contributed by atoms with Crippen LogP contribution in [0.4, 0.5) is 18.9 Å². The molecule has 0 fully saturated rings. The van der Waals surface area contributed by atoms with Crippen LogP contribution in [0.25, 0.3) is 0 Å². The van der Waals surface area contributed by atoms with E-state index in [2.05, 4.69) is 15.6 Å². The number of aliphatic imine (C=N–C) groups is 1. The van der Waals surface area contributed by atoms with E-state index in [9.17, 15) is 18.0 Å². The van der Waals surface area contributed by atoms with Gasteiger partial charge >= 0.3 is 6.18 Å². The Hall–Kier alpha value is -1.84. The van der Waals surface area contributed by atoms with Gasteiger partial charge in [0.15, 0.2) is 5.17 Å². The normalized spacial score (nSPS) is 19.2. The molecule has 1 aliphatic rings. The van der Waals surface area contributed by atoms with E-state index in [4.69, 9.17) is 27.6 Å². The maximum Gasteiger partial charge on any atom is 0.408 e. The Morgan fingerprint density at radius 3 is 2.77 bits per heavy atom. The average Bonchev–Trinajstić information content (AvgIpc) is 3.22. The number of nitrogens with one attached hydrogen (secondary N) is 2. The predicted octanol–water partition coefficient (Wildman–Crippen LogP) is 6.06. The Morgan fingerprint density at radius 2 is 2.10 bits per heavy atom. The molecule has 2 atom stereocenters. The average molecular weight is 480 g/mol. The molecule has 3 rings (SSSR count). The molecule has 0 bridgehead atoms. The van der Waals surface area contributed by atoms with Gasteiger partial charge in [-0.05, 0) is 36.8 Å². The van der Waals surface area contributed by atoms with Crippen LogP contribution in [0.3, 0.4) is 0 Å². The van der Waals surface area contributed by atoms with E-state index in [-0.39, 0.29) is 23.9 Å². The third-order valence-corrected chi connectivity index (χ3v) is 6.02. The lowest BCUT2D eigenvalue weighted by Crippen LogP contribution is -2.48. The smallest absolute Gasteiger partial charge is 0.408 e. The predicted molar refractivity (Wildman–Crippen MR) is 113 cm³/mol. The van der Waals surface area contributed by atoms with Crippen LogP contribution in [0, 0.1) is 0 Å². The molecular weight excluding hydrogens is 462 g/mol. The van der Waals surface area contributed by atoms with Gasteiger partial charge in [-0.3, -0.25) is 9.79 Å². The van der Waals surface area contributed by atoms with E-state index < -0.39 is 18.3 Å². The number of anilines is 1. The van der Waals surface area contributed by atoms with Crippen LogP contribution in [-0.2, 0) is 4.79 Å². The lowest BCUT2D eigenvalue weighted by molar-refractivity contribution is -0.155. The number of nitrogens with zero attached hydrogens (tertiary/aromatic N) is 1. The summed E-state index contributed by atoms with van der Waals surface area (Å²) in [6, 6.07) is 5.59. The van der Waals surface area contributed by atoms with Gasteiger partial charge in [-0.2, -0.15) is 13.2 Å². The molecular formula is C19H18Cl2F3N3O2S. The fourth-order valence-electron chi connectivity index (χ4n) is 2.82. The number of hydrogen-bond acceptors (Lipinski definition) is 5. The fraction of sp³-hybridized carbons (Fsp3) is 0.368. The van der Waals surface area contributed by atoms with E-state index in [1.165, 1.54) is 6.26 Å². The number of rotatable bonds is 6. The Bertz CT molecular complexity index is 907. The van der Waals surface area contributed by atoms with Gasteiger partial charge in [-0.25, -0.2) is 0 Å². The van der Waals surface area contributed by atoms with Crippen LogP contribution < -0.4 is 10.6 Å². The first-order valence-electron chi connectivity index (χ1n) is 9.04. The van der Waals surface area contributed by atoms with Gasteiger partial charge in [-0.15, -0.1) is 0 Å². The van der Waals surface area contributed by atoms with Crippen molar-refractivity contribution in [2.75, 3.05) is 11.1 Å². The Kier molecular flexibility index (Phi) is 7.60. The van der Waals surface area contributed by atoms with Gasteiger partial charge in [0.05, 0.1) is 16.3 Å². The number of amidine groups is 1. The summed E-state index contributed by atoms with van der Waals surface area (Å²) in [6.07, 6.45) is -2.56. The highest BCUT2D eigenvalue weighted by Gasteiger charge is 2.44. The highest BCUT2D eigenvalue weighted by Crippen LogP contribution is 2.34. The second kappa shape index (κ2) is 9.98. The monoisotopic (exact) mass is 479 g/mol. The van der Waals surface area contributed by atoms with Crippen LogP contribution in [0.5, 0.6) is 0 Å². The summed E-state index contributed by atoms with van der Waals surface area (Å²) in [6.45, 7) is 0. The lowest BCUT2D eigenvalue weighted by atomic mass is 10.0. The number of thioether (sulfide) groups is 1. The van der Waals surface area contributed by atoms with Crippen LogP contribution in [-0.4, -0.2) is 29.0 Å². The third kappa shape index (κ3) is 6.33. The summed E-state index contributed by atoms with van der Waals surface area (Å²) in [4.78, 5) is 16.4. The summed E-state index contributed by atoms with van der Waals surface area (Å²) < 4.78 is 45.0. The van der Waals surface area contributed by atoms with Crippen molar-refractivity contribution in [1.82, 2.24) is 5.32 Å². The van der Waals surface area contributed by atoms with Gasteiger partial charge in [0.1, 0.15) is 17.8 Å². The summed E-state index contributed by atoms with van der Waals surface area (Å²) in [5.41, 5.74) is 0.523. The Balaban J connectivity index is 1.51.